The highest BCUT2D eigenvalue weighted by Gasteiger charge is 2.61. The zero-order chi connectivity index (χ0) is 33.8. The van der Waals surface area contributed by atoms with E-state index in [-0.39, 0.29) is 33.7 Å². The van der Waals surface area contributed by atoms with Gasteiger partial charge in [-0.3, -0.25) is 0 Å². The van der Waals surface area contributed by atoms with E-state index in [1.54, 1.807) is 11.1 Å². The monoisotopic (exact) mass is 638 g/mol. The molecule has 0 radical (unpaired) electrons. The molecule has 262 valence electrons. The molecule has 8 nitrogen and oxygen atoms in total. The number of allylic oxidation sites excluding steroid dienone is 2. The van der Waals surface area contributed by atoms with Crippen LogP contribution in [-0.2, 0) is 9.47 Å². The molecule has 6 unspecified atom stereocenters. The van der Waals surface area contributed by atoms with Gasteiger partial charge in [-0.15, -0.1) is 0 Å². The molecule has 0 aromatic heterocycles. The number of aliphatic hydroxyl groups excluding tert-OH is 6. The molecule has 1 heterocycles. The van der Waals surface area contributed by atoms with Gasteiger partial charge in [0.25, 0.3) is 0 Å². The second kappa shape index (κ2) is 13.4. The van der Waals surface area contributed by atoms with Crippen LogP contribution in [0.3, 0.4) is 0 Å². The third-order valence-corrected chi connectivity index (χ3v) is 13.4. The molecule has 0 aromatic carbocycles. The molecule has 45 heavy (non-hydrogen) atoms. The lowest BCUT2D eigenvalue weighted by atomic mass is 9.49. The Labute approximate surface area is 272 Å². The van der Waals surface area contributed by atoms with Crippen molar-refractivity contribution in [3.8, 4) is 0 Å². The molecular weight excluding hydrogens is 572 g/mol. The summed E-state index contributed by atoms with van der Waals surface area (Å²) in [5.41, 5.74) is 2.87. The summed E-state index contributed by atoms with van der Waals surface area (Å²) >= 11 is 0. The van der Waals surface area contributed by atoms with E-state index in [1.165, 1.54) is 19.3 Å². The second-order valence-corrected chi connectivity index (χ2v) is 17.7. The first-order valence-electron chi connectivity index (χ1n) is 17.8. The van der Waals surface area contributed by atoms with Crippen LogP contribution in [0.2, 0.25) is 0 Å². The Morgan fingerprint density at radius 1 is 0.889 bits per heavy atom. The van der Waals surface area contributed by atoms with Gasteiger partial charge in [0.15, 0.2) is 6.29 Å². The highest BCUT2D eigenvalue weighted by atomic mass is 16.7. The Morgan fingerprint density at radius 3 is 2.18 bits per heavy atom. The van der Waals surface area contributed by atoms with Gasteiger partial charge < -0.3 is 40.1 Å². The summed E-state index contributed by atoms with van der Waals surface area (Å²) in [4.78, 5) is 0. The van der Waals surface area contributed by atoms with Crippen LogP contribution in [0.5, 0.6) is 0 Å². The smallest absolute Gasteiger partial charge is 0.187 e. The molecule has 0 bridgehead atoms. The van der Waals surface area contributed by atoms with E-state index in [4.69, 9.17) is 9.47 Å². The molecule has 0 aromatic rings. The normalized spacial score (nSPS) is 41.4. The molecule has 6 N–H and O–H groups in total. The largest absolute Gasteiger partial charge is 0.394 e. The van der Waals surface area contributed by atoms with Crippen LogP contribution in [0, 0.1) is 33.5 Å². The number of hydrogen-bond donors (Lipinski definition) is 6. The number of hydrogen-bond acceptors (Lipinski definition) is 8. The number of ether oxygens (including phenoxy) is 2. The van der Waals surface area contributed by atoms with Gasteiger partial charge >= 0.3 is 0 Å². The number of fused-ring (bicyclic) bond motifs is 2. The number of aliphatic hydroxyl groups is 6. The summed E-state index contributed by atoms with van der Waals surface area (Å²) in [6, 6.07) is 0. The minimum absolute atomic E-state index is 0.101. The first-order valence-corrected chi connectivity index (χ1v) is 17.8. The van der Waals surface area contributed by atoms with Crippen molar-refractivity contribution < 1.29 is 40.1 Å². The number of rotatable bonds is 11. The molecule has 1 saturated carbocycles. The van der Waals surface area contributed by atoms with Crippen molar-refractivity contribution in [2.75, 3.05) is 6.61 Å². The fourth-order valence-electron chi connectivity index (χ4n) is 9.75. The summed E-state index contributed by atoms with van der Waals surface area (Å²) in [6.07, 6.45) is 3.62. The standard InChI is InChI=1S/C37H66O8/c1-22(26(39)14-17-34(5,6)45-32-31(43)30(42)29(41)27(21-38)44-32)23-12-19-37(9)25-11-10-16-35(7,18-15-28(40)33(2,3)4)24(25)13-20-36(23,37)8/h22-23,26-32,38-43H,10-21H2,1-9H3/t22-,23+,26?,27?,28-,29?,30?,31?,32?,35+,36+,37-/m0/s1. The summed E-state index contributed by atoms with van der Waals surface area (Å²) in [5, 5.41) is 62.7. The van der Waals surface area contributed by atoms with Crippen molar-refractivity contribution in [2.45, 2.75) is 181 Å². The van der Waals surface area contributed by atoms with Crippen LogP contribution < -0.4 is 0 Å². The Kier molecular flexibility index (Phi) is 11.1. The fraction of sp³-hybridized carbons (Fsp3) is 0.946. The van der Waals surface area contributed by atoms with Gasteiger partial charge in [-0.25, -0.2) is 0 Å². The Balaban J connectivity index is 1.42. The van der Waals surface area contributed by atoms with Gasteiger partial charge in [0.1, 0.15) is 24.4 Å². The molecule has 3 aliphatic carbocycles. The highest BCUT2D eigenvalue weighted by molar-refractivity contribution is 5.37. The minimum Gasteiger partial charge on any atom is -0.394 e. The van der Waals surface area contributed by atoms with Crippen LogP contribution in [-0.4, -0.2) is 85.8 Å². The van der Waals surface area contributed by atoms with Gasteiger partial charge in [-0.1, -0.05) is 59.6 Å². The highest BCUT2D eigenvalue weighted by Crippen LogP contribution is 2.70. The van der Waals surface area contributed by atoms with E-state index in [0.717, 1.165) is 38.5 Å². The quantitative estimate of drug-likeness (QED) is 0.169. The first kappa shape index (κ1) is 37.2. The van der Waals surface area contributed by atoms with E-state index < -0.39 is 49.0 Å². The maximum absolute atomic E-state index is 11.6. The van der Waals surface area contributed by atoms with Crippen molar-refractivity contribution in [3.05, 3.63) is 11.1 Å². The van der Waals surface area contributed by atoms with Gasteiger partial charge in [0, 0.05) is 0 Å². The summed E-state index contributed by atoms with van der Waals surface area (Å²) in [6.45, 7) is 19.3. The third kappa shape index (κ3) is 7.10. The maximum Gasteiger partial charge on any atom is 0.187 e. The van der Waals surface area contributed by atoms with Crippen molar-refractivity contribution >= 4 is 0 Å². The van der Waals surface area contributed by atoms with Crippen LogP contribution in [0.25, 0.3) is 0 Å². The van der Waals surface area contributed by atoms with Crippen molar-refractivity contribution in [3.63, 3.8) is 0 Å². The molecule has 0 amide bonds. The van der Waals surface area contributed by atoms with Crippen molar-refractivity contribution in [2.24, 2.45) is 33.5 Å². The Bertz CT molecular complexity index is 1050. The Hall–Kier alpha value is -0.580. The first-order chi connectivity index (χ1) is 20.7. The molecule has 1 saturated heterocycles. The van der Waals surface area contributed by atoms with E-state index in [9.17, 15) is 30.6 Å². The SMILES string of the molecule is C[C@H](C(O)CCC(C)(C)OC1OC(CO)C(O)C(O)C1O)[C@H]1CC[C@@]2(C)C3=C(CC[C@]12C)[C@@](C)(CC[C@H](O)C(C)(C)C)CCC3. The van der Waals surface area contributed by atoms with Crippen molar-refractivity contribution in [1.29, 1.82) is 0 Å². The van der Waals surface area contributed by atoms with E-state index in [2.05, 4.69) is 48.5 Å². The molecule has 4 aliphatic rings. The molecule has 8 heteroatoms. The van der Waals surface area contributed by atoms with Crippen LogP contribution in [0.1, 0.15) is 133 Å². The van der Waals surface area contributed by atoms with Crippen LogP contribution in [0.4, 0.5) is 0 Å². The summed E-state index contributed by atoms with van der Waals surface area (Å²) in [7, 11) is 0. The van der Waals surface area contributed by atoms with E-state index in [0.29, 0.717) is 18.8 Å². The van der Waals surface area contributed by atoms with Gasteiger partial charge in [-0.2, -0.15) is 0 Å². The summed E-state index contributed by atoms with van der Waals surface area (Å²) < 4.78 is 11.6. The van der Waals surface area contributed by atoms with Crippen LogP contribution in [0.15, 0.2) is 11.1 Å². The predicted molar refractivity (Wildman–Crippen MR) is 175 cm³/mol. The lowest BCUT2D eigenvalue weighted by Gasteiger charge is -2.56. The zero-order valence-corrected chi connectivity index (χ0v) is 29.7. The maximum atomic E-state index is 11.6. The zero-order valence-electron chi connectivity index (χ0n) is 29.7. The molecule has 12 atom stereocenters. The van der Waals surface area contributed by atoms with Gasteiger partial charge in [0.2, 0.25) is 0 Å². The van der Waals surface area contributed by atoms with Crippen molar-refractivity contribution in [1.82, 2.24) is 0 Å². The molecular formula is C37H66O8. The van der Waals surface area contributed by atoms with E-state index >= 15 is 0 Å². The third-order valence-electron chi connectivity index (χ3n) is 13.4. The lowest BCUT2D eigenvalue weighted by molar-refractivity contribution is -0.324. The lowest BCUT2D eigenvalue weighted by Crippen LogP contribution is -2.60. The molecule has 0 spiro atoms. The van der Waals surface area contributed by atoms with Gasteiger partial charge in [0.05, 0.1) is 24.4 Å². The fourth-order valence-corrected chi connectivity index (χ4v) is 9.75. The second-order valence-electron chi connectivity index (χ2n) is 17.7. The molecule has 1 aliphatic heterocycles. The van der Waals surface area contributed by atoms with Crippen LogP contribution >= 0.6 is 0 Å². The van der Waals surface area contributed by atoms with Gasteiger partial charge in [-0.05, 0) is 118 Å². The average molecular weight is 639 g/mol. The topological polar surface area (TPSA) is 140 Å². The molecule has 2 fully saturated rings. The predicted octanol–water partition coefficient (Wildman–Crippen LogP) is 5.25. The van der Waals surface area contributed by atoms with E-state index in [1.807, 2.05) is 13.8 Å². The summed E-state index contributed by atoms with van der Waals surface area (Å²) in [5.74, 6) is 0.510. The Morgan fingerprint density at radius 2 is 1.56 bits per heavy atom. The average Bonchev–Trinajstić information content (AvgIpc) is 3.25. The minimum atomic E-state index is -1.48. The molecule has 4 rings (SSSR count).